The first-order valence-corrected chi connectivity index (χ1v) is 10.3. The number of benzene rings is 1. The molecule has 166 valence electrons. The second-order valence-electron chi connectivity index (χ2n) is 8.96. The third-order valence-electron chi connectivity index (χ3n) is 5.37. The van der Waals surface area contributed by atoms with E-state index in [0.29, 0.717) is 24.3 Å². The lowest BCUT2D eigenvalue weighted by Gasteiger charge is -2.26. The molecule has 0 fully saturated rings. The summed E-state index contributed by atoms with van der Waals surface area (Å²) in [5, 5.41) is 7.45. The third kappa shape index (κ3) is 6.09. The van der Waals surface area contributed by atoms with Gasteiger partial charge in [-0.3, -0.25) is 9.48 Å². The Hall–Kier alpha value is -2.31. The van der Waals surface area contributed by atoms with Gasteiger partial charge in [-0.05, 0) is 43.4 Å². The zero-order chi connectivity index (χ0) is 22.7. The maximum absolute atomic E-state index is 13.0. The first-order valence-electron chi connectivity index (χ1n) is 10.3. The summed E-state index contributed by atoms with van der Waals surface area (Å²) in [5.74, 6) is 0.364. The summed E-state index contributed by atoms with van der Waals surface area (Å²) in [6.45, 7) is 13.0. The Bertz CT molecular complexity index is 882. The van der Waals surface area contributed by atoms with E-state index in [4.69, 9.17) is 0 Å². The van der Waals surface area contributed by atoms with Crippen LogP contribution in [0.15, 0.2) is 24.3 Å². The van der Waals surface area contributed by atoms with Crippen molar-refractivity contribution in [1.29, 1.82) is 0 Å². The zero-order valence-electron chi connectivity index (χ0n) is 18.7. The van der Waals surface area contributed by atoms with Crippen molar-refractivity contribution in [3.05, 3.63) is 52.3 Å². The molecule has 0 unspecified atom stereocenters. The number of rotatable bonds is 8. The third-order valence-corrected chi connectivity index (χ3v) is 5.37. The van der Waals surface area contributed by atoms with Crippen molar-refractivity contribution >= 4 is 5.91 Å². The molecule has 0 saturated heterocycles. The maximum atomic E-state index is 13.0. The Morgan fingerprint density at radius 1 is 1.17 bits per heavy atom. The highest BCUT2D eigenvalue weighted by Crippen LogP contribution is 2.32. The highest BCUT2D eigenvalue weighted by atomic mass is 19.4. The summed E-state index contributed by atoms with van der Waals surface area (Å²) in [7, 11) is 0. The van der Waals surface area contributed by atoms with Crippen molar-refractivity contribution in [2.45, 2.75) is 72.5 Å². The summed E-state index contributed by atoms with van der Waals surface area (Å²) in [5.41, 5.74) is 2.35. The lowest BCUT2D eigenvalue weighted by Crippen LogP contribution is -2.37. The summed E-state index contributed by atoms with van der Waals surface area (Å²) < 4.78 is 41.0. The number of nitrogens with zero attached hydrogens (tertiary/aromatic N) is 2. The Labute approximate surface area is 176 Å². The molecule has 1 heterocycles. The van der Waals surface area contributed by atoms with E-state index in [-0.39, 0.29) is 12.5 Å². The fraction of sp³-hybridized carbons (Fsp3) is 0.565. The average Bonchev–Trinajstić information content (AvgIpc) is 2.90. The number of amides is 1. The molecule has 2 rings (SSSR count). The smallest absolute Gasteiger partial charge is 0.355 e. The molecule has 0 aliphatic rings. The van der Waals surface area contributed by atoms with Crippen LogP contribution in [0.3, 0.4) is 0 Å². The Balaban J connectivity index is 1.97. The summed E-state index contributed by atoms with van der Waals surface area (Å²) in [6, 6.07) is 5.28. The number of alkyl halides is 3. The van der Waals surface area contributed by atoms with Crippen LogP contribution in [0.1, 0.15) is 62.2 Å². The minimum Gasteiger partial charge on any atom is -0.355 e. The van der Waals surface area contributed by atoms with Crippen LogP contribution in [-0.2, 0) is 29.4 Å². The van der Waals surface area contributed by atoms with Gasteiger partial charge < -0.3 is 5.32 Å². The van der Waals surface area contributed by atoms with E-state index in [1.165, 1.54) is 6.07 Å². The molecule has 0 saturated carbocycles. The number of carbonyl (C=O) groups excluding carboxylic acids is 1. The Kier molecular flexibility index (Phi) is 7.37. The quantitative estimate of drug-likeness (QED) is 0.634. The predicted octanol–water partition coefficient (Wildman–Crippen LogP) is 5.20. The molecule has 0 spiro atoms. The van der Waals surface area contributed by atoms with Crippen LogP contribution >= 0.6 is 0 Å². The standard InChI is InChI=1S/C23H32F3N3O/c1-15(2)13-29-17(4)20(16(3)28-29)10-11-21(30)27-14-22(5,6)18-8-7-9-19(12-18)23(24,25)26/h7-9,12,15H,10-11,13-14H2,1-6H3,(H,27,30). The molecule has 0 bridgehead atoms. The summed E-state index contributed by atoms with van der Waals surface area (Å²) >= 11 is 0. The van der Waals surface area contributed by atoms with Gasteiger partial charge in [0.2, 0.25) is 5.91 Å². The van der Waals surface area contributed by atoms with E-state index in [1.54, 1.807) is 6.07 Å². The summed E-state index contributed by atoms with van der Waals surface area (Å²) in [4.78, 5) is 12.4. The number of nitrogens with one attached hydrogen (secondary N) is 1. The normalized spacial score (nSPS) is 12.5. The van der Waals surface area contributed by atoms with Crippen LogP contribution in [-0.4, -0.2) is 22.2 Å². The van der Waals surface area contributed by atoms with Crippen LogP contribution in [0, 0.1) is 19.8 Å². The van der Waals surface area contributed by atoms with E-state index >= 15 is 0 Å². The minimum atomic E-state index is -4.38. The Morgan fingerprint density at radius 3 is 2.40 bits per heavy atom. The minimum absolute atomic E-state index is 0.120. The van der Waals surface area contributed by atoms with Gasteiger partial charge in [0, 0.05) is 30.6 Å². The fourth-order valence-corrected chi connectivity index (χ4v) is 3.48. The number of hydrogen-bond donors (Lipinski definition) is 1. The highest BCUT2D eigenvalue weighted by molar-refractivity contribution is 5.76. The van der Waals surface area contributed by atoms with Crippen LogP contribution in [0.25, 0.3) is 0 Å². The van der Waals surface area contributed by atoms with Gasteiger partial charge in [0.25, 0.3) is 0 Å². The molecule has 0 aliphatic heterocycles. The maximum Gasteiger partial charge on any atom is 0.416 e. The van der Waals surface area contributed by atoms with Crippen molar-refractivity contribution in [2.75, 3.05) is 6.54 Å². The van der Waals surface area contributed by atoms with Gasteiger partial charge >= 0.3 is 6.18 Å². The molecular formula is C23H32F3N3O. The Morgan fingerprint density at radius 2 is 1.80 bits per heavy atom. The van der Waals surface area contributed by atoms with Crippen LogP contribution < -0.4 is 5.32 Å². The van der Waals surface area contributed by atoms with Crippen molar-refractivity contribution in [3.63, 3.8) is 0 Å². The van der Waals surface area contributed by atoms with Gasteiger partial charge in [-0.1, -0.05) is 45.9 Å². The van der Waals surface area contributed by atoms with E-state index in [2.05, 4.69) is 24.3 Å². The molecule has 4 nitrogen and oxygen atoms in total. The van der Waals surface area contributed by atoms with Gasteiger partial charge in [0.15, 0.2) is 0 Å². The lowest BCUT2D eigenvalue weighted by atomic mass is 9.83. The molecule has 1 aromatic carbocycles. The predicted molar refractivity (Wildman–Crippen MR) is 112 cm³/mol. The number of aromatic nitrogens is 2. The number of halogens is 3. The van der Waals surface area contributed by atoms with Crippen molar-refractivity contribution < 1.29 is 18.0 Å². The fourth-order valence-electron chi connectivity index (χ4n) is 3.48. The molecule has 2 aromatic rings. The molecule has 0 radical (unpaired) electrons. The van der Waals surface area contributed by atoms with Crippen molar-refractivity contribution in [1.82, 2.24) is 15.1 Å². The average molecular weight is 424 g/mol. The molecular weight excluding hydrogens is 391 g/mol. The zero-order valence-corrected chi connectivity index (χ0v) is 18.7. The van der Waals surface area contributed by atoms with Crippen LogP contribution in [0.2, 0.25) is 0 Å². The second kappa shape index (κ2) is 9.23. The number of aryl methyl sites for hydroxylation is 1. The molecule has 1 N–H and O–H groups in total. The van der Waals surface area contributed by atoms with Gasteiger partial charge in [-0.25, -0.2) is 0 Å². The molecule has 1 aromatic heterocycles. The molecule has 0 atom stereocenters. The summed E-state index contributed by atoms with van der Waals surface area (Å²) in [6.07, 6.45) is -3.48. The monoisotopic (exact) mass is 423 g/mol. The van der Waals surface area contributed by atoms with E-state index in [0.717, 1.165) is 35.6 Å². The molecule has 0 aliphatic carbocycles. The van der Waals surface area contributed by atoms with Crippen molar-refractivity contribution in [2.24, 2.45) is 5.92 Å². The molecule has 1 amide bonds. The van der Waals surface area contributed by atoms with Crippen LogP contribution in [0.5, 0.6) is 0 Å². The van der Waals surface area contributed by atoms with E-state index in [9.17, 15) is 18.0 Å². The van der Waals surface area contributed by atoms with Gasteiger partial charge in [0.1, 0.15) is 0 Å². The molecule has 7 heteroatoms. The lowest BCUT2D eigenvalue weighted by molar-refractivity contribution is -0.137. The van der Waals surface area contributed by atoms with Gasteiger partial charge in [0.05, 0.1) is 11.3 Å². The number of carbonyl (C=O) groups is 1. The first kappa shape index (κ1) is 24.0. The first-order chi connectivity index (χ1) is 13.8. The van der Waals surface area contributed by atoms with E-state index in [1.807, 2.05) is 32.4 Å². The highest BCUT2D eigenvalue weighted by Gasteiger charge is 2.32. The van der Waals surface area contributed by atoms with Gasteiger partial charge in [-0.2, -0.15) is 18.3 Å². The topological polar surface area (TPSA) is 46.9 Å². The van der Waals surface area contributed by atoms with Gasteiger partial charge in [-0.15, -0.1) is 0 Å². The number of hydrogen-bond acceptors (Lipinski definition) is 2. The van der Waals surface area contributed by atoms with Crippen LogP contribution in [0.4, 0.5) is 13.2 Å². The SMILES string of the molecule is Cc1nn(CC(C)C)c(C)c1CCC(=O)NCC(C)(C)c1cccc(C(F)(F)F)c1. The molecule has 30 heavy (non-hydrogen) atoms. The largest absolute Gasteiger partial charge is 0.416 e. The van der Waals surface area contributed by atoms with E-state index < -0.39 is 17.2 Å². The second-order valence-corrected chi connectivity index (χ2v) is 8.96. The van der Waals surface area contributed by atoms with Crippen molar-refractivity contribution in [3.8, 4) is 0 Å².